The van der Waals surface area contributed by atoms with Crippen LogP contribution >= 0.6 is 15.9 Å². The van der Waals surface area contributed by atoms with Crippen molar-refractivity contribution in [1.29, 1.82) is 0 Å². The van der Waals surface area contributed by atoms with E-state index in [1.54, 1.807) is 7.11 Å². The second-order valence-electron chi connectivity index (χ2n) is 5.92. The molecule has 23 heavy (non-hydrogen) atoms. The maximum atomic E-state index is 5.56. The van der Waals surface area contributed by atoms with E-state index in [0.717, 1.165) is 44.8 Å². The van der Waals surface area contributed by atoms with Gasteiger partial charge in [0.25, 0.3) is 0 Å². The van der Waals surface area contributed by atoms with Crippen LogP contribution < -0.4 is 4.74 Å². The van der Waals surface area contributed by atoms with Crippen LogP contribution in [0.25, 0.3) is 10.9 Å². The normalized spacial score (nSPS) is 19.8. The number of hydrogen-bond donors (Lipinski definition) is 0. The molecule has 2 aromatic heterocycles. The lowest BCUT2D eigenvalue weighted by Crippen LogP contribution is -1.97. The highest BCUT2D eigenvalue weighted by Gasteiger charge is 2.43. The van der Waals surface area contributed by atoms with Gasteiger partial charge in [0.05, 0.1) is 12.6 Å². The minimum Gasteiger partial charge on any atom is -0.496 e. The van der Waals surface area contributed by atoms with Crippen molar-refractivity contribution in [2.75, 3.05) is 7.11 Å². The van der Waals surface area contributed by atoms with Crippen LogP contribution in [0, 0.1) is 6.92 Å². The summed E-state index contributed by atoms with van der Waals surface area (Å²) in [7, 11) is 1.70. The molecular formula is C18H16BrN3O. The molecule has 0 saturated heterocycles. The van der Waals surface area contributed by atoms with E-state index in [0.29, 0.717) is 11.8 Å². The van der Waals surface area contributed by atoms with Crippen molar-refractivity contribution in [3.63, 3.8) is 0 Å². The van der Waals surface area contributed by atoms with Crippen LogP contribution in [0.15, 0.2) is 41.0 Å². The van der Waals surface area contributed by atoms with Crippen molar-refractivity contribution in [2.45, 2.75) is 25.2 Å². The molecule has 0 amide bonds. The van der Waals surface area contributed by atoms with Gasteiger partial charge in [-0.1, -0.05) is 15.9 Å². The molecule has 2 atom stereocenters. The summed E-state index contributed by atoms with van der Waals surface area (Å²) in [6.07, 6.45) is 2.87. The Hall–Kier alpha value is -2.01. The molecule has 0 N–H and O–H groups in total. The molecular weight excluding hydrogens is 354 g/mol. The van der Waals surface area contributed by atoms with Crippen LogP contribution in [0.2, 0.25) is 0 Å². The summed E-state index contributed by atoms with van der Waals surface area (Å²) in [5.41, 5.74) is 3.01. The van der Waals surface area contributed by atoms with E-state index < -0.39 is 0 Å². The summed E-state index contributed by atoms with van der Waals surface area (Å²) < 4.78 is 6.58. The summed E-state index contributed by atoms with van der Waals surface area (Å²) in [4.78, 5) is 13.8. The first-order chi connectivity index (χ1) is 11.2. The number of rotatable bonds is 3. The smallest absolute Gasteiger partial charge is 0.132 e. The molecule has 5 heteroatoms. The van der Waals surface area contributed by atoms with E-state index in [4.69, 9.17) is 9.72 Å². The third kappa shape index (κ3) is 2.70. The van der Waals surface area contributed by atoms with E-state index in [1.807, 2.05) is 37.4 Å². The van der Waals surface area contributed by atoms with Gasteiger partial charge in [-0.25, -0.2) is 9.97 Å². The van der Waals surface area contributed by atoms with Crippen LogP contribution in [0.1, 0.15) is 35.5 Å². The highest BCUT2D eigenvalue weighted by atomic mass is 79.9. The lowest BCUT2D eigenvalue weighted by Gasteiger charge is -2.09. The van der Waals surface area contributed by atoms with Crippen molar-refractivity contribution in [3.05, 3.63) is 58.2 Å². The Morgan fingerprint density at radius 2 is 2.00 bits per heavy atom. The largest absolute Gasteiger partial charge is 0.496 e. The minimum atomic E-state index is 0.358. The zero-order valence-electron chi connectivity index (χ0n) is 13.0. The van der Waals surface area contributed by atoms with Crippen molar-refractivity contribution in [2.24, 2.45) is 0 Å². The fourth-order valence-electron chi connectivity index (χ4n) is 3.00. The number of hydrogen-bond acceptors (Lipinski definition) is 4. The predicted molar refractivity (Wildman–Crippen MR) is 92.9 cm³/mol. The zero-order chi connectivity index (χ0) is 16.0. The minimum absolute atomic E-state index is 0.358. The topological polar surface area (TPSA) is 47.9 Å². The van der Waals surface area contributed by atoms with Gasteiger partial charge in [0, 0.05) is 45.3 Å². The van der Waals surface area contributed by atoms with Gasteiger partial charge < -0.3 is 4.74 Å². The van der Waals surface area contributed by atoms with Crippen molar-refractivity contribution < 1.29 is 4.74 Å². The predicted octanol–water partition coefficient (Wildman–Crippen LogP) is 4.38. The van der Waals surface area contributed by atoms with Crippen LogP contribution in [-0.4, -0.2) is 22.1 Å². The molecule has 1 aliphatic rings. The van der Waals surface area contributed by atoms with E-state index in [9.17, 15) is 0 Å². The van der Waals surface area contributed by atoms with Gasteiger partial charge in [-0.15, -0.1) is 0 Å². The molecule has 2 heterocycles. The Morgan fingerprint density at radius 3 is 2.78 bits per heavy atom. The number of methoxy groups -OCH3 is 1. The van der Waals surface area contributed by atoms with Crippen molar-refractivity contribution in [1.82, 2.24) is 15.0 Å². The van der Waals surface area contributed by atoms with Crippen molar-refractivity contribution in [3.8, 4) is 5.75 Å². The quantitative estimate of drug-likeness (QED) is 0.687. The van der Waals surface area contributed by atoms with Crippen LogP contribution in [0.3, 0.4) is 0 Å². The first kappa shape index (κ1) is 14.6. The molecule has 116 valence electrons. The van der Waals surface area contributed by atoms with E-state index >= 15 is 0 Å². The summed E-state index contributed by atoms with van der Waals surface area (Å²) >= 11 is 3.51. The first-order valence-corrected chi connectivity index (χ1v) is 8.39. The van der Waals surface area contributed by atoms with Gasteiger partial charge in [0.15, 0.2) is 0 Å². The van der Waals surface area contributed by atoms with Crippen LogP contribution in [0.5, 0.6) is 5.75 Å². The molecule has 1 aliphatic carbocycles. The van der Waals surface area contributed by atoms with Gasteiger partial charge in [0.1, 0.15) is 11.6 Å². The highest BCUT2D eigenvalue weighted by molar-refractivity contribution is 9.10. The Morgan fingerprint density at radius 1 is 1.13 bits per heavy atom. The monoisotopic (exact) mass is 369 g/mol. The Balaban J connectivity index is 1.73. The maximum absolute atomic E-state index is 5.56. The lowest BCUT2D eigenvalue weighted by molar-refractivity contribution is 0.419. The number of pyridine rings is 1. The van der Waals surface area contributed by atoms with Crippen LogP contribution in [0.4, 0.5) is 0 Å². The fraction of sp³-hybridized carbons (Fsp3) is 0.278. The molecule has 0 aliphatic heterocycles. The molecule has 1 fully saturated rings. The second-order valence-corrected chi connectivity index (χ2v) is 6.83. The fourth-order valence-corrected chi connectivity index (χ4v) is 3.35. The maximum Gasteiger partial charge on any atom is 0.132 e. The first-order valence-electron chi connectivity index (χ1n) is 7.59. The van der Waals surface area contributed by atoms with Crippen LogP contribution in [-0.2, 0) is 0 Å². The third-order valence-corrected chi connectivity index (χ3v) is 4.78. The zero-order valence-corrected chi connectivity index (χ0v) is 14.5. The van der Waals surface area contributed by atoms with E-state index in [1.165, 1.54) is 0 Å². The third-order valence-electron chi connectivity index (χ3n) is 4.29. The second kappa shape index (κ2) is 5.57. The molecule has 0 bridgehead atoms. The number of aryl methyl sites for hydroxylation is 1. The number of halogens is 1. The number of benzene rings is 1. The molecule has 0 unspecified atom stereocenters. The number of nitrogens with zero attached hydrogens (tertiary/aromatic N) is 3. The Bertz CT molecular complexity index is 897. The van der Waals surface area contributed by atoms with E-state index in [-0.39, 0.29) is 0 Å². The SMILES string of the molecule is COc1cc([C@H]2C[C@@H]2c2nccc(C)n2)nc2cc(Br)ccc12. The molecule has 4 nitrogen and oxygen atoms in total. The molecule has 1 aromatic carbocycles. The molecule has 0 spiro atoms. The molecule has 3 aromatic rings. The average Bonchev–Trinajstić information content (AvgIpc) is 3.34. The van der Waals surface area contributed by atoms with Gasteiger partial charge in [0.2, 0.25) is 0 Å². The number of ether oxygens (including phenoxy) is 1. The Kier molecular flexibility index (Phi) is 3.53. The number of aromatic nitrogens is 3. The Labute approximate surface area is 143 Å². The summed E-state index contributed by atoms with van der Waals surface area (Å²) in [5, 5.41) is 1.03. The molecule has 4 rings (SSSR count). The summed E-state index contributed by atoms with van der Waals surface area (Å²) in [6, 6.07) is 10.0. The molecule has 1 saturated carbocycles. The van der Waals surface area contributed by atoms with Crippen molar-refractivity contribution >= 4 is 26.8 Å². The highest BCUT2D eigenvalue weighted by Crippen LogP contribution is 2.53. The molecule has 0 radical (unpaired) electrons. The van der Waals surface area contributed by atoms with E-state index in [2.05, 4.69) is 32.0 Å². The average molecular weight is 370 g/mol. The summed E-state index contributed by atoms with van der Waals surface area (Å²) in [6.45, 7) is 2.00. The summed E-state index contributed by atoms with van der Waals surface area (Å²) in [5.74, 6) is 2.52. The number of fused-ring (bicyclic) bond motifs is 1. The van der Waals surface area contributed by atoms with Gasteiger partial charge >= 0.3 is 0 Å². The van der Waals surface area contributed by atoms with Gasteiger partial charge in [-0.05, 0) is 37.6 Å². The van der Waals surface area contributed by atoms with Gasteiger partial charge in [-0.2, -0.15) is 0 Å². The standard InChI is InChI=1S/C18H16BrN3O/c1-10-5-6-20-18(21-10)14-8-13(14)16-9-17(23-2)12-4-3-11(19)7-15(12)22-16/h3-7,9,13-14H,8H2,1-2H3/t13-,14-/m0/s1. The lowest BCUT2D eigenvalue weighted by atomic mass is 10.1. The van der Waals surface area contributed by atoms with Gasteiger partial charge in [-0.3, -0.25) is 4.98 Å².